The number of nitrogens with one attached hydrogen (secondary N) is 1. The summed E-state index contributed by atoms with van der Waals surface area (Å²) in [6.07, 6.45) is 0.532. The summed E-state index contributed by atoms with van der Waals surface area (Å²) in [6.45, 7) is 12.0. The summed E-state index contributed by atoms with van der Waals surface area (Å²) in [4.78, 5) is 11.5. The molecular weight excluding hydrogens is 188 g/mol. The second-order valence-electron chi connectivity index (χ2n) is 5.47. The van der Waals surface area contributed by atoms with E-state index in [9.17, 15) is 4.79 Å². The van der Waals surface area contributed by atoms with E-state index in [2.05, 4.69) is 33.0 Å². The molecule has 90 valence electrons. The Labute approximate surface area is 93.8 Å². The molecule has 0 aromatic rings. The van der Waals surface area contributed by atoms with Gasteiger partial charge < -0.3 is 11.1 Å². The molecule has 1 unspecified atom stereocenters. The molecule has 0 saturated heterocycles. The molecule has 0 aromatic heterocycles. The largest absolute Gasteiger partial charge is 0.356 e. The maximum absolute atomic E-state index is 11.5. The van der Waals surface area contributed by atoms with E-state index in [1.807, 2.05) is 6.92 Å². The van der Waals surface area contributed by atoms with E-state index in [0.717, 1.165) is 6.54 Å². The summed E-state index contributed by atoms with van der Waals surface area (Å²) >= 11 is 0. The average molecular weight is 214 g/mol. The van der Waals surface area contributed by atoms with Crippen LogP contribution < -0.4 is 11.1 Å². The molecular formula is C12H26N2O. The van der Waals surface area contributed by atoms with Crippen LogP contribution in [-0.4, -0.2) is 19.0 Å². The lowest BCUT2D eigenvalue weighted by Gasteiger charge is -2.29. The highest BCUT2D eigenvalue weighted by atomic mass is 16.1. The third-order valence-electron chi connectivity index (χ3n) is 3.24. The molecule has 0 aromatic carbocycles. The lowest BCUT2D eigenvalue weighted by Crippen LogP contribution is -2.37. The highest BCUT2D eigenvalue weighted by Gasteiger charge is 2.22. The van der Waals surface area contributed by atoms with Gasteiger partial charge in [0.2, 0.25) is 5.91 Å². The van der Waals surface area contributed by atoms with Crippen molar-refractivity contribution in [3.8, 4) is 0 Å². The third kappa shape index (κ3) is 5.78. The number of carbonyl (C=O) groups excluding carboxylic acids is 1. The monoisotopic (exact) mass is 214 g/mol. The van der Waals surface area contributed by atoms with E-state index in [1.54, 1.807) is 0 Å². The summed E-state index contributed by atoms with van der Waals surface area (Å²) < 4.78 is 0. The Bertz CT molecular complexity index is 200. The van der Waals surface area contributed by atoms with Gasteiger partial charge in [-0.15, -0.1) is 0 Å². The van der Waals surface area contributed by atoms with Gasteiger partial charge in [0.15, 0.2) is 0 Å². The van der Waals surface area contributed by atoms with Crippen LogP contribution in [0.25, 0.3) is 0 Å². The Balaban J connectivity index is 3.90. The van der Waals surface area contributed by atoms with Crippen molar-refractivity contribution in [1.29, 1.82) is 0 Å². The standard InChI is InChI=1S/C12H26N2O/c1-9(2)12(4,5)8-14-11(15)6-10(3)7-13/h9-10H,6-8,13H2,1-5H3,(H,14,15). The predicted molar refractivity (Wildman–Crippen MR) is 64.5 cm³/mol. The molecule has 3 nitrogen and oxygen atoms in total. The van der Waals surface area contributed by atoms with Gasteiger partial charge in [-0.05, 0) is 23.8 Å². The number of carbonyl (C=O) groups is 1. The first-order valence-electron chi connectivity index (χ1n) is 5.76. The molecule has 0 aliphatic carbocycles. The van der Waals surface area contributed by atoms with Crippen LogP contribution in [0.2, 0.25) is 0 Å². The van der Waals surface area contributed by atoms with E-state index < -0.39 is 0 Å². The molecule has 0 bridgehead atoms. The lowest BCUT2D eigenvalue weighted by molar-refractivity contribution is -0.122. The second-order valence-corrected chi connectivity index (χ2v) is 5.47. The molecule has 0 saturated carbocycles. The van der Waals surface area contributed by atoms with Gasteiger partial charge in [-0.1, -0.05) is 34.6 Å². The second kappa shape index (κ2) is 6.11. The van der Waals surface area contributed by atoms with Crippen molar-refractivity contribution in [1.82, 2.24) is 5.32 Å². The van der Waals surface area contributed by atoms with Gasteiger partial charge in [0.05, 0.1) is 0 Å². The first kappa shape index (κ1) is 14.4. The van der Waals surface area contributed by atoms with Crippen LogP contribution in [0.4, 0.5) is 0 Å². The van der Waals surface area contributed by atoms with E-state index in [-0.39, 0.29) is 17.2 Å². The number of nitrogens with two attached hydrogens (primary N) is 1. The first-order chi connectivity index (χ1) is 6.79. The SMILES string of the molecule is CC(CN)CC(=O)NCC(C)(C)C(C)C. The Morgan fingerprint density at radius 2 is 1.87 bits per heavy atom. The van der Waals surface area contributed by atoms with E-state index in [1.165, 1.54) is 0 Å². The zero-order chi connectivity index (χ0) is 12.1. The molecule has 0 spiro atoms. The summed E-state index contributed by atoms with van der Waals surface area (Å²) in [5.74, 6) is 0.943. The van der Waals surface area contributed by atoms with Gasteiger partial charge in [-0.3, -0.25) is 4.79 Å². The lowest BCUT2D eigenvalue weighted by atomic mass is 9.81. The van der Waals surface area contributed by atoms with Gasteiger partial charge in [0.25, 0.3) is 0 Å². The highest BCUT2D eigenvalue weighted by Crippen LogP contribution is 2.24. The van der Waals surface area contributed by atoms with Gasteiger partial charge in [0, 0.05) is 13.0 Å². The van der Waals surface area contributed by atoms with Crippen molar-refractivity contribution in [2.45, 2.75) is 41.0 Å². The number of hydrogen-bond acceptors (Lipinski definition) is 2. The molecule has 1 atom stereocenters. The fourth-order valence-corrected chi connectivity index (χ4v) is 1.00. The van der Waals surface area contributed by atoms with Crippen molar-refractivity contribution >= 4 is 5.91 Å². The Morgan fingerprint density at radius 3 is 2.27 bits per heavy atom. The van der Waals surface area contributed by atoms with E-state index in [4.69, 9.17) is 5.73 Å². The van der Waals surface area contributed by atoms with Gasteiger partial charge >= 0.3 is 0 Å². The van der Waals surface area contributed by atoms with Crippen molar-refractivity contribution < 1.29 is 4.79 Å². The molecule has 15 heavy (non-hydrogen) atoms. The molecule has 0 aliphatic heterocycles. The maximum atomic E-state index is 11.5. The minimum atomic E-state index is 0.113. The predicted octanol–water partition coefficient (Wildman–Crippen LogP) is 1.77. The number of hydrogen-bond donors (Lipinski definition) is 2. The molecule has 0 heterocycles. The topological polar surface area (TPSA) is 55.1 Å². The molecule has 0 rings (SSSR count). The number of rotatable bonds is 6. The van der Waals surface area contributed by atoms with Crippen LogP contribution in [0.5, 0.6) is 0 Å². The molecule has 0 radical (unpaired) electrons. The van der Waals surface area contributed by atoms with Gasteiger partial charge in [-0.25, -0.2) is 0 Å². The van der Waals surface area contributed by atoms with Crippen molar-refractivity contribution in [2.75, 3.05) is 13.1 Å². The minimum absolute atomic E-state index is 0.113. The summed E-state index contributed by atoms with van der Waals surface area (Å²) in [6, 6.07) is 0. The fraction of sp³-hybridized carbons (Fsp3) is 0.917. The van der Waals surface area contributed by atoms with Crippen LogP contribution >= 0.6 is 0 Å². The Hall–Kier alpha value is -0.570. The van der Waals surface area contributed by atoms with Crippen LogP contribution in [0, 0.1) is 17.3 Å². The summed E-state index contributed by atoms with van der Waals surface area (Å²) in [7, 11) is 0. The zero-order valence-corrected chi connectivity index (χ0v) is 10.8. The first-order valence-corrected chi connectivity index (χ1v) is 5.76. The van der Waals surface area contributed by atoms with Gasteiger partial charge in [-0.2, -0.15) is 0 Å². The fourth-order valence-electron chi connectivity index (χ4n) is 1.00. The molecule has 0 aliphatic rings. The molecule has 3 heteroatoms. The summed E-state index contributed by atoms with van der Waals surface area (Å²) in [5.41, 5.74) is 5.62. The van der Waals surface area contributed by atoms with Crippen LogP contribution in [0.1, 0.15) is 41.0 Å². The van der Waals surface area contributed by atoms with Crippen LogP contribution in [0.3, 0.4) is 0 Å². The zero-order valence-electron chi connectivity index (χ0n) is 10.8. The van der Waals surface area contributed by atoms with Crippen molar-refractivity contribution in [3.05, 3.63) is 0 Å². The summed E-state index contributed by atoms with van der Waals surface area (Å²) in [5, 5.41) is 2.98. The Morgan fingerprint density at radius 1 is 1.33 bits per heavy atom. The molecule has 3 N–H and O–H groups in total. The number of amides is 1. The minimum Gasteiger partial charge on any atom is -0.356 e. The van der Waals surface area contributed by atoms with Crippen LogP contribution in [0.15, 0.2) is 0 Å². The smallest absolute Gasteiger partial charge is 0.220 e. The van der Waals surface area contributed by atoms with E-state index >= 15 is 0 Å². The molecule has 1 amide bonds. The maximum Gasteiger partial charge on any atom is 0.220 e. The average Bonchev–Trinajstić information content (AvgIpc) is 2.14. The normalized spacial score (nSPS) is 14.1. The van der Waals surface area contributed by atoms with Crippen molar-refractivity contribution in [2.24, 2.45) is 23.0 Å². The quantitative estimate of drug-likeness (QED) is 0.708. The highest BCUT2D eigenvalue weighted by molar-refractivity contribution is 5.76. The van der Waals surface area contributed by atoms with Crippen molar-refractivity contribution in [3.63, 3.8) is 0 Å². The Kier molecular flexibility index (Phi) is 5.88. The van der Waals surface area contributed by atoms with Crippen LogP contribution in [-0.2, 0) is 4.79 Å². The third-order valence-corrected chi connectivity index (χ3v) is 3.24. The van der Waals surface area contributed by atoms with Gasteiger partial charge in [0.1, 0.15) is 0 Å². The van der Waals surface area contributed by atoms with E-state index in [0.29, 0.717) is 18.9 Å². The molecule has 0 fully saturated rings.